The van der Waals surface area contributed by atoms with E-state index in [-0.39, 0.29) is 12.0 Å². The fraction of sp³-hybridized carbons (Fsp3) is 0.533. The van der Waals surface area contributed by atoms with Crippen molar-refractivity contribution in [2.75, 3.05) is 39.2 Å². The van der Waals surface area contributed by atoms with Gasteiger partial charge in [0, 0.05) is 27.3 Å². The molecule has 1 unspecified atom stereocenters. The van der Waals surface area contributed by atoms with Crippen LogP contribution in [0.4, 0.5) is 5.69 Å². The molecule has 1 amide bonds. The Morgan fingerprint density at radius 2 is 2.30 bits per heavy atom. The summed E-state index contributed by atoms with van der Waals surface area (Å²) in [5.41, 5.74) is 2.88. The number of methoxy groups -OCH3 is 2. The summed E-state index contributed by atoms with van der Waals surface area (Å²) < 4.78 is 10.3. The molecular weight excluding hydrogens is 256 g/mol. The van der Waals surface area contributed by atoms with Crippen LogP contribution in [0, 0.1) is 0 Å². The molecule has 2 N–H and O–H groups in total. The van der Waals surface area contributed by atoms with E-state index in [1.54, 1.807) is 14.2 Å². The number of para-hydroxylation sites is 1. The number of aryl methyl sites for hydroxylation is 1. The first kappa shape index (κ1) is 14.8. The summed E-state index contributed by atoms with van der Waals surface area (Å²) >= 11 is 0. The maximum atomic E-state index is 12.3. The van der Waals surface area contributed by atoms with Gasteiger partial charge in [-0.2, -0.15) is 0 Å². The van der Waals surface area contributed by atoms with E-state index in [4.69, 9.17) is 9.47 Å². The Labute approximate surface area is 119 Å². The fourth-order valence-electron chi connectivity index (χ4n) is 2.40. The molecule has 0 aliphatic carbocycles. The molecule has 110 valence electrons. The maximum Gasteiger partial charge on any atom is 0.253 e. The normalized spacial score (nSPS) is 15.1. The van der Waals surface area contributed by atoms with E-state index >= 15 is 0 Å². The first-order chi connectivity index (χ1) is 9.76. The molecule has 0 aromatic heterocycles. The van der Waals surface area contributed by atoms with Crippen molar-refractivity contribution in [3.63, 3.8) is 0 Å². The lowest BCUT2D eigenvalue weighted by Crippen LogP contribution is -2.36. The second-order valence-electron chi connectivity index (χ2n) is 4.89. The molecule has 1 atom stereocenters. The summed E-state index contributed by atoms with van der Waals surface area (Å²) in [5, 5.41) is 6.22. The molecule has 0 fully saturated rings. The number of amides is 1. The molecule has 2 rings (SSSR count). The minimum absolute atomic E-state index is 0.0746. The average molecular weight is 278 g/mol. The smallest absolute Gasteiger partial charge is 0.253 e. The van der Waals surface area contributed by atoms with E-state index < -0.39 is 0 Å². The average Bonchev–Trinajstić information content (AvgIpc) is 2.50. The Morgan fingerprint density at radius 1 is 1.45 bits per heavy atom. The fourth-order valence-corrected chi connectivity index (χ4v) is 2.40. The Morgan fingerprint density at radius 3 is 3.05 bits per heavy atom. The van der Waals surface area contributed by atoms with Crippen molar-refractivity contribution in [3.05, 3.63) is 29.3 Å². The maximum absolute atomic E-state index is 12.3. The van der Waals surface area contributed by atoms with Crippen LogP contribution in [0.1, 0.15) is 22.3 Å². The van der Waals surface area contributed by atoms with Gasteiger partial charge in [0.25, 0.3) is 5.91 Å². The summed E-state index contributed by atoms with van der Waals surface area (Å²) in [4.78, 5) is 12.3. The number of benzene rings is 1. The van der Waals surface area contributed by atoms with Crippen molar-refractivity contribution in [3.8, 4) is 0 Å². The molecule has 0 saturated carbocycles. The van der Waals surface area contributed by atoms with Gasteiger partial charge in [0.2, 0.25) is 0 Å². The van der Waals surface area contributed by atoms with Gasteiger partial charge in [0.1, 0.15) is 0 Å². The third kappa shape index (κ3) is 3.49. The van der Waals surface area contributed by atoms with E-state index in [0.717, 1.165) is 25.1 Å². The zero-order chi connectivity index (χ0) is 14.4. The lowest BCUT2D eigenvalue weighted by atomic mass is 9.99. The Kier molecular flexibility index (Phi) is 5.38. The Bertz CT molecular complexity index is 462. The standard InChI is InChI=1S/C15H22N2O3/c1-19-10-12(20-2)9-17-15(18)13-7-3-5-11-6-4-8-16-14(11)13/h3,5,7,12,16H,4,6,8-10H2,1-2H3,(H,17,18). The number of rotatable bonds is 6. The number of carbonyl (C=O) groups is 1. The van der Waals surface area contributed by atoms with E-state index in [1.165, 1.54) is 5.56 Å². The van der Waals surface area contributed by atoms with Gasteiger partial charge >= 0.3 is 0 Å². The highest BCUT2D eigenvalue weighted by Crippen LogP contribution is 2.25. The highest BCUT2D eigenvalue weighted by Gasteiger charge is 2.18. The van der Waals surface area contributed by atoms with Gasteiger partial charge in [-0.15, -0.1) is 0 Å². The number of hydrogen-bond acceptors (Lipinski definition) is 4. The number of anilines is 1. The first-order valence-corrected chi connectivity index (χ1v) is 6.92. The molecule has 1 aromatic carbocycles. The zero-order valence-electron chi connectivity index (χ0n) is 12.1. The van der Waals surface area contributed by atoms with Crippen LogP contribution in [-0.2, 0) is 15.9 Å². The van der Waals surface area contributed by atoms with Crippen molar-refractivity contribution < 1.29 is 14.3 Å². The van der Waals surface area contributed by atoms with Crippen molar-refractivity contribution in [1.82, 2.24) is 5.32 Å². The summed E-state index contributed by atoms with van der Waals surface area (Å²) in [5.74, 6) is -0.0746. The molecule has 5 nitrogen and oxygen atoms in total. The monoisotopic (exact) mass is 278 g/mol. The van der Waals surface area contributed by atoms with Crippen molar-refractivity contribution >= 4 is 11.6 Å². The van der Waals surface area contributed by atoms with Crippen LogP contribution in [0.25, 0.3) is 0 Å². The van der Waals surface area contributed by atoms with E-state index in [9.17, 15) is 4.79 Å². The van der Waals surface area contributed by atoms with Crippen molar-refractivity contribution in [2.24, 2.45) is 0 Å². The van der Waals surface area contributed by atoms with Crippen LogP contribution in [0.2, 0.25) is 0 Å². The molecule has 1 aliphatic rings. The topological polar surface area (TPSA) is 59.6 Å². The minimum Gasteiger partial charge on any atom is -0.384 e. The Hall–Kier alpha value is -1.59. The van der Waals surface area contributed by atoms with Crippen LogP contribution in [0.5, 0.6) is 0 Å². The minimum atomic E-state index is -0.128. The summed E-state index contributed by atoms with van der Waals surface area (Å²) in [7, 11) is 3.23. The molecular formula is C15H22N2O3. The van der Waals surface area contributed by atoms with Gasteiger partial charge in [-0.05, 0) is 24.5 Å². The number of fused-ring (bicyclic) bond motifs is 1. The third-order valence-corrected chi connectivity index (χ3v) is 3.50. The molecule has 0 saturated heterocycles. The van der Waals surface area contributed by atoms with Gasteiger partial charge in [-0.1, -0.05) is 12.1 Å². The predicted octanol–water partition coefficient (Wildman–Crippen LogP) is 1.44. The summed E-state index contributed by atoms with van der Waals surface area (Å²) in [6, 6.07) is 5.86. The van der Waals surface area contributed by atoms with Crippen molar-refractivity contribution in [2.45, 2.75) is 18.9 Å². The quantitative estimate of drug-likeness (QED) is 0.826. The molecule has 5 heteroatoms. The lowest BCUT2D eigenvalue weighted by Gasteiger charge is -2.21. The third-order valence-electron chi connectivity index (χ3n) is 3.50. The summed E-state index contributed by atoms with van der Waals surface area (Å²) in [6.45, 7) is 1.82. The van der Waals surface area contributed by atoms with Gasteiger partial charge in [-0.3, -0.25) is 4.79 Å². The van der Waals surface area contributed by atoms with Crippen LogP contribution in [0.3, 0.4) is 0 Å². The van der Waals surface area contributed by atoms with Gasteiger partial charge < -0.3 is 20.1 Å². The number of carbonyl (C=O) groups excluding carboxylic acids is 1. The molecule has 1 heterocycles. The van der Waals surface area contributed by atoms with E-state index in [1.807, 2.05) is 12.1 Å². The molecule has 0 spiro atoms. The molecule has 20 heavy (non-hydrogen) atoms. The van der Waals surface area contributed by atoms with Gasteiger partial charge in [0.15, 0.2) is 0 Å². The SMILES string of the molecule is COCC(CNC(=O)c1cccc2c1NCCC2)OC. The second-order valence-corrected chi connectivity index (χ2v) is 4.89. The molecule has 1 aliphatic heterocycles. The number of nitrogens with one attached hydrogen (secondary N) is 2. The van der Waals surface area contributed by atoms with Crippen LogP contribution >= 0.6 is 0 Å². The zero-order valence-corrected chi connectivity index (χ0v) is 12.1. The van der Waals surface area contributed by atoms with Gasteiger partial charge in [-0.25, -0.2) is 0 Å². The van der Waals surface area contributed by atoms with Crippen LogP contribution in [0.15, 0.2) is 18.2 Å². The summed E-state index contributed by atoms with van der Waals surface area (Å²) in [6.07, 6.45) is 2.00. The largest absolute Gasteiger partial charge is 0.384 e. The van der Waals surface area contributed by atoms with Crippen molar-refractivity contribution in [1.29, 1.82) is 0 Å². The number of hydrogen-bond donors (Lipinski definition) is 2. The molecule has 1 aromatic rings. The van der Waals surface area contributed by atoms with Crippen LogP contribution < -0.4 is 10.6 Å². The number of ether oxygens (including phenoxy) is 2. The van der Waals surface area contributed by atoms with Gasteiger partial charge in [0.05, 0.1) is 24.0 Å². The van der Waals surface area contributed by atoms with E-state index in [0.29, 0.717) is 18.7 Å². The van der Waals surface area contributed by atoms with Crippen LogP contribution in [-0.4, -0.2) is 45.9 Å². The lowest BCUT2D eigenvalue weighted by molar-refractivity contribution is 0.0285. The second kappa shape index (κ2) is 7.26. The predicted molar refractivity (Wildman–Crippen MR) is 78.3 cm³/mol. The van der Waals surface area contributed by atoms with E-state index in [2.05, 4.69) is 16.7 Å². The first-order valence-electron chi connectivity index (χ1n) is 6.92. The molecule has 0 bridgehead atoms. The highest BCUT2D eigenvalue weighted by molar-refractivity contribution is 6.00. The molecule has 0 radical (unpaired) electrons. The highest BCUT2D eigenvalue weighted by atomic mass is 16.5. The Balaban J connectivity index is 2.02.